The van der Waals surface area contributed by atoms with Gasteiger partial charge in [0.2, 0.25) is 0 Å². The molecule has 1 aromatic carbocycles. The van der Waals surface area contributed by atoms with Crippen LogP contribution in [0.5, 0.6) is 0 Å². The van der Waals surface area contributed by atoms with Crippen LogP contribution in [0.3, 0.4) is 0 Å². The van der Waals surface area contributed by atoms with Crippen molar-refractivity contribution in [2.24, 2.45) is 0 Å². The lowest BCUT2D eigenvalue weighted by molar-refractivity contribution is 0.0295. The fraction of sp³-hybridized carbons (Fsp3) is 0.619. The van der Waals surface area contributed by atoms with Crippen molar-refractivity contribution in [3.05, 3.63) is 23.0 Å². The predicted molar refractivity (Wildman–Crippen MR) is 116 cm³/mol. The maximum absolute atomic E-state index is 13.5. The number of carbonyl (C=O) groups excluding carboxylic acids is 1. The van der Waals surface area contributed by atoms with Gasteiger partial charge in [0.15, 0.2) is 21.3 Å². The Hall–Kier alpha value is -1.80. The van der Waals surface area contributed by atoms with E-state index in [0.29, 0.717) is 24.4 Å². The third kappa shape index (κ3) is 4.59. The smallest absolute Gasteiger partial charge is 0.410 e. The number of ether oxygens (including phenoxy) is 1. The van der Waals surface area contributed by atoms with Crippen molar-refractivity contribution < 1.29 is 22.4 Å². The number of aromatic nitrogens is 1. The Labute approximate surface area is 182 Å². The fourth-order valence-corrected chi connectivity index (χ4v) is 5.98. The first-order chi connectivity index (χ1) is 13.9. The SMILES string of the molecule is CCCC(C)c1nc2ccc(Cl)c(S(=O)(=O)[C@@H]3CCN(C(=O)OC(C)(C)C)C3)c2o1. The number of hydrogen-bond acceptors (Lipinski definition) is 6. The number of fused-ring (bicyclic) bond motifs is 1. The van der Waals surface area contributed by atoms with Crippen molar-refractivity contribution in [2.45, 2.75) is 75.5 Å². The molecule has 0 spiro atoms. The van der Waals surface area contributed by atoms with Crippen LogP contribution in [0.4, 0.5) is 4.79 Å². The minimum Gasteiger partial charge on any atom is -0.444 e. The van der Waals surface area contributed by atoms with Gasteiger partial charge in [0.25, 0.3) is 0 Å². The van der Waals surface area contributed by atoms with Crippen molar-refractivity contribution in [3.8, 4) is 0 Å². The van der Waals surface area contributed by atoms with Gasteiger partial charge in [0.05, 0.1) is 10.3 Å². The molecule has 1 aromatic heterocycles. The van der Waals surface area contributed by atoms with Gasteiger partial charge in [-0.05, 0) is 45.7 Å². The van der Waals surface area contributed by atoms with E-state index in [0.717, 1.165) is 12.8 Å². The van der Waals surface area contributed by atoms with E-state index >= 15 is 0 Å². The van der Waals surface area contributed by atoms with Gasteiger partial charge in [-0.2, -0.15) is 0 Å². The van der Waals surface area contributed by atoms with Gasteiger partial charge >= 0.3 is 6.09 Å². The molecule has 0 N–H and O–H groups in total. The molecule has 0 aliphatic carbocycles. The Bertz CT molecular complexity index is 1040. The van der Waals surface area contributed by atoms with Crippen LogP contribution in [0.1, 0.15) is 65.7 Å². The highest BCUT2D eigenvalue weighted by Gasteiger charge is 2.40. The van der Waals surface area contributed by atoms with Crippen molar-refractivity contribution in [1.29, 1.82) is 0 Å². The molecule has 0 radical (unpaired) electrons. The summed E-state index contributed by atoms with van der Waals surface area (Å²) in [5, 5.41) is -0.682. The van der Waals surface area contributed by atoms with Gasteiger partial charge in [-0.15, -0.1) is 0 Å². The van der Waals surface area contributed by atoms with Gasteiger partial charge in [0, 0.05) is 19.0 Å². The zero-order chi connectivity index (χ0) is 22.3. The highest BCUT2D eigenvalue weighted by molar-refractivity contribution is 7.92. The summed E-state index contributed by atoms with van der Waals surface area (Å²) in [6, 6.07) is 3.21. The lowest BCUT2D eigenvalue weighted by Gasteiger charge is -2.24. The maximum Gasteiger partial charge on any atom is 0.410 e. The molecule has 2 aromatic rings. The lowest BCUT2D eigenvalue weighted by Crippen LogP contribution is -2.36. The molecular formula is C21H29ClN2O5S. The Balaban J connectivity index is 1.93. The van der Waals surface area contributed by atoms with Crippen molar-refractivity contribution in [3.63, 3.8) is 0 Å². The molecular weight excluding hydrogens is 428 g/mol. The molecule has 3 rings (SSSR count). The van der Waals surface area contributed by atoms with Crippen LogP contribution < -0.4 is 0 Å². The van der Waals surface area contributed by atoms with Gasteiger partial charge in [0.1, 0.15) is 16.0 Å². The highest BCUT2D eigenvalue weighted by Crippen LogP contribution is 2.37. The zero-order valence-corrected chi connectivity index (χ0v) is 19.6. The topological polar surface area (TPSA) is 89.7 Å². The Morgan fingerprint density at radius 3 is 2.73 bits per heavy atom. The molecule has 166 valence electrons. The van der Waals surface area contributed by atoms with Crippen molar-refractivity contribution in [2.75, 3.05) is 13.1 Å². The molecule has 7 nitrogen and oxygen atoms in total. The highest BCUT2D eigenvalue weighted by atomic mass is 35.5. The lowest BCUT2D eigenvalue weighted by atomic mass is 10.1. The van der Waals surface area contributed by atoms with Crippen LogP contribution in [0.2, 0.25) is 5.02 Å². The van der Waals surface area contributed by atoms with Crippen LogP contribution in [0, 0.1) is 0 Å². The summed E-state index contributed by atoms with van der Waals surface area (Å²) in [5.74, 6) is 0.582. The predicted octanol–water partition coefficient (Wildman–Crippen LogP) is 5.17. The number of hydrogen-bond donors (Lipinski definition) is 0. The third-order valence-corrected chi connectivity index (χ3v) is 7.81. The second-order valence-corrected chi connectivity index (χ2v) is 11.4. The van der Waals surface area contributed by atoms with E-state index < -0.39 is 26.8 Å². The van der Waals surface area contributed by atoms with E-state index in [2.05, 4.69) is 11.9 Å². The summed E-state index contributed by atoms with van der Waals surface area (Å²) in [7, 11) is -3.85. The molecule has 30 heavy (non-hydrogen) atoms. The molecule has 0 bridgehead atoms. The minimum absolute atomic E-state index is 0.0415. The van der Waals surface area contributed by atoms with Gasteiger partial charge in [-0.1, -0.05) is 31.9 Å². The molecule has 1 aliphatic heterocycles. The molecule has 9 heteroatoms. The first-order valence-corrected chi connectivity index (χ1v) is 12.2. The molecule has 0 saturated carbocycles. The number of amides is 1. The average molecular weight is 457 g/mol. The van der Waals surface area contributed by atoms with E-state index in [1.54, 1.807) is 26.8 Å². The van der Waals surface area contributed by atoms with Gasteiger partial charge in [-0.25, -0.2) is 18.2 Å². The summed E-state index contributed by atoms with van der Waals surface area (Å²) >= 11 is 6.33. The van der Waals surface area contributed by atoms with Crippen molar-refractivity contribution >= 4 is 38.6 Å². The van der Waals surface area contributed by atoms with Crippen LogP contribution in [-0.4, -0.2) is 48.3 Å². The summed E-state index contributed by atoms with van der Waals surface area (Å²) in [4.78, 5) is 18.2. The number of oxazole rings is 1. The number of carbonyl (C=O) groups is 1. The Morgan fingerprint density at radius 2 is 2.10 bits per heavy atom. The molecule has 1 fully saturated rings. The fourth-order valence-electron chi connectivity index (χ4n) is 3.63. The van der Waals surface area contributed by atoms with E-state index in [9.17, 15) is 13.2 Å². The summed E-state index contributed by atoms with van der Waals surface area (Å²) in [5.41, 5.74) is 0.0167. The van der Waals surface area contributed by atoms with E-state index in [4.69, 9.17) is 20.8 Å². The summed E-state index contributed by atoms with van der Waals surface area (Å²) in [6.45, 7) is 9.75. The first kappa shape index (κ1) is 22.9. The second kappa shape index (κ2) is 8.38. The normalized spacial score (nSPS) is 18.7. The van der Waals surface area contributed by atoms with E-state index in [1.807, 2.05) is 6.92 Å². The van der Waals surface area contributed by atoms with Crippen molar-refractivity contribution in [1.82, 2.24) is 9.88 Å². The van der Waals surface area contributed by atoms with Crippen LogP contribution in [0.15, 0.2) is 21.4 Å². The van der Waals surface area contributed by atoms with Gasteiger partial charge in [-0.3, -0.25) is 0 Å². The molecule has 1 saturated heterocycles. The first-order valence-electron chi connectivity index (χ1n) is 10.2. The molecule has 2 atom stereocenters. The van der Waals surface area contributed by atoms with Crippen LogP contribution >= 0.6 is 11.6 Å². The van der Waals surface area contributed by atoms with E-state index in [-0.39, 0.29) is 28.0 Å². The number of rotatable bonds is 5. The van der Waals surface area contributed by atoms with Crippen LogP contribution in [-0.2, 0) is 14.6 Å². The molecule has 1 unspecified atom stereocenters. The largest absolute Gasteiger partial charge is 0.444 e. The summed E-state index contributed by atoms with van der Waals surface area (Å²) in [6.07, 6.45) is 1.64. The molecule has 1 amide bonds. The summed E-state index contributed by atoms with van der Waals surface area (Å²) < 4.78 is 38.2. The molecule has 2 heterocycles. The van der Waals surface area contributed by atoms with Crippen LogP contribution in [0.25, 0.3) is 11.1 Å². The Morgan fingerprint density at radius 1 is 1.40 bits per heavy atom. The monoisotopic (exact) mass is 456 g/mol. The standard InChI is InChI=1S/C21H29ClN2O5S/c1-6-7-13(2)19-23-16-9-8-15(22)18(17(16)28-19)30(26,27)14-10-11-24(12-14)20(25)29-21(3,4)5/h8-9,13-14H,6-7,10-12H2,1-5H3/t13?,14-/m1/s1. The average Bonchev–Trinajstić information content (AvgIpc) is 3.27. The zero-order valence-electron chi connectivity index (χ0n) is 18.1. The quantitative estimate of drug-likeness (QED) is 0.616. The number of halogens is 1. The Kier molecular flexibility index (Phi) is 6.39. The third-order valence-electron chi connectivity index (χ3n) is 5.14. The number of likely N-dealkylation sites (tertiary alicyclic amines) is 1. The maximum atomic E-state index is 13.5. The number of nitrogens with zero attached hydrogens (tertiary/aromatic N) is 2. The van der Waals surface area contributed by atoms with Gasteiger partial charge < -0.3 is 14.1 Å². The number of benzene rings is 1. The minimum atomic E-state index is -3.85. The van der Waals surface area contributed by atoms with E-state index in [1.165, 1.54) is 11.0 Å². The molecule has 1 aliphatic rings. The number of sulfone groups is 1. The second-order valence-electron chi connectivity index (χ2n) is 8.85.